The highest BCUT2D eigenvalue weighted by Gasteiger charge is 2.17. The second kappa shape index (κ2) is 4.97. The molecule has 0 unspecified atom stereocenters. The van der Waals surface area contributed by atoms with Crippen LogP contribution >= 0.6 is 0 Å². The van der Waals surface area contributed by atoms with Crippen LogP contribution in [0.1, 0.15) is 11.4 Å². The Balaban J connectivity index is 2.13. The van der Waals surface area contributed by atoms with E-state index < -0.39 is 10.7 Å². The van der Waals surface area contributed by atoms with Crippen molar-refractivity contribution in [3.63, 3.8) is 0 Å². The lowest BCUT2D eigenvalue weighted by Gasteiger charge is -2.08. The van der Waals surface area contributed by atoms with Crippen LogP contribution in [0.15, 0.2) is 42.5 Å². The molecule has 3 aromatic rings. The summed E-state index contributed by atoms with van der Waals surface area (Å²) in [6.07, 6.45) is 0. The Morgan fingerprint density at radius 3 is 2.81 bits per heavy atom. The Morgan fingerprint density at radius 1 is 1.29 bits per heavy atom. The van der Waals surface area contributed by atoms with E-state index in [-0.39, 0.29) is 12.2 Å². The maximum absolute atomic E-state index is 13.4. The van der Waals surface area contributed by atoms with Crippen molar-refractivity contribution in [1.82, 2.24) is 9.55 Å². The molecule has 0 atom stereocenters. The van der Waals surface area contributed by atoms with Gasteiger partial charge in [-0.15, -0.1) is 0 Å². The van der Waals surface area contributed by atoms with Gasteiger partial charge < -0.3 is 4.57 Å². The number of hydrogen-bond acceptors (Lipinski definition) is 3. The van der Waals surface area contributed by atoms with E-state index >= 15 is 0 Å². The van der Waals surface area contributed by atoms with Crippen molar-refractivity contribution in [2.24, 2.45) is 0 Å². The summed E-state index contributed by atoms with van der Waals surface area (Å²) in [4.78, 5) is 15.0. The molecule has 0 aliphatic heterocycles. The number of fused-ring (bicyclic) bond motifs is 1. The van der Waals surface area contributed by atoms with E-state index in [2.05, 4.69) is 4.98 Å². The molecule has 106 valence electrons. The van der Waals surface area contributed by atoms with Crippen molar-refractivity contribution in [3.8, 4) is 0 Å². The van der Waals surface area contributed by atoms with E-state index in [1.165, 1.54) is 12.1 Å². The summed E-state index contributed by atoms with van der Waals surface area (Å²) >= 11 is 0. The third-order valence-corrected chi connectivity index (χ3v) is 3.41. The van der Waals surface area contributed by atoms with Crippen LogP contribution in [0, 0.1) is 22.9 Å². The number of aryl methyl sites for hydroxylation is 1. The van der Waals surface area contributed by atoms with Crippen molar-refractivity contribution in [2.45, 2.75) is 13.5 Å². The Bertz CT molecular complexity index is 842. The van der Waals surface area contributed by atoms with Crippen LogP contribution in [-0.2, 0) is 6.54 Å². The SMILES string of the molecule is Cc1nc2ccccc2n1Cc1cc(F)ccc1[N+](=O)[O-]. The number of nitro benzene ring substituents is 1. The molecule has 6 heteroatoms. The molecule has 0 amide bonds. The number of hydrogen-bond donors (Lipinski definition) is 0. The topological polar surface area (TPSA) is 61.0 Å². The Labute approximate surface area is 119 Å². The van der Waals surface area contributed by atoms with Crippen molar-refractivity contribution in [2.75, 3.05) is 0 Å². The zero-order chi connectivity index (χ0) is 15.0. The summed E-state index contributed by atoms with van der Waals surface area (Å²) in [6.45, 7) is 2.03. The highest BCUT2D eigenvalue weighted by molar-refractivity contribution is 5.76. The Hall–Kier alpha value is -2.76. The van der Waals surface area contributed by atoms with Crippen LogP contribution < -0.4 is 0 Å². The second-order valence-electron chi connectivity index (χ2n) is 4.76. The predicted molar refractivity (Wildman–Crippen MR) is 76.6 cm³/mol. The van der Waals surface area contributed by atoms with Crippen molar-refractivity contribution in [1.29, 1.82) is 0 Å². The predicted octanol–water partition coefficient (Wildman–Crippen LogP) is 3.44. The molecule has 0 saturated heterocycles. The quantitative estimate of drug-likeness (QED) is 0.547. The molecule has 0 bridgehead atoms. The van der Waals surface area contributed by atoms with Gasteiger partial charge >= 0.3 is 0 Å². The molecule has 0 radical (unpaired) electrons. The summed E-state index contributed by atoms with van der Waals surface area (Å²) in [5, 5.41) is 11.1. The van der Waals surface area contributed by atoms with Gasteiger partial charge in [0.05, 0.1) is 28.1 Å². The van der Waals surface area contributed by atoms with Gasteiger partial charge in [-0.1, -0.05) is 12.1 Å². The van der Waals surface area contributed by atoms with E-state index in [0.717, 1.165) is 22.9 Å². The molecule has 3 rings (SSSR count). The first-order valence-electron chi connectivity index (χ1n) is 6.41. The fourth-order valence-corrected chi connectivity index (χ4v) is 2.42. The number of aromatic nitrogens is 2. The molecular weight excluding hydrogens is 273 g/mol. The van der Waals surface area contributed by atoms with E-state index in [9.17, 15) is 14.5 Å². The number of nitro groups is 1. The molecule has 0 aliphatic carbocycles. The summed E-state index contributed by atoms with van der Waals surface area (Å²) in [5.41, 5.74) is 1.92. The number of rotatable bonds is 3. The van der Waals surface area contributed by atoms with Crippen molar-refractivity contribution in [3.05, 3.63) is 69.8 Å². The highest BCUT2D eigenvalue weighted by atomic mass is 19.1. The van der Waals surface area contributed by atoms with Gasteiger partial charge in [0.15, 0.2) is 0 Å². The van der Waals surface area contributed by atoms with E-state index in [1.807, 2.05) is 35.8 Å². The fraction of sp³-hybridized carbons (Fsp3) is 0.133. The minimum atomic E-state index is -0.497. The molecule has 21 heavy (non-hydrogen) atoms. The minimum absolute atomic E-state index is 0.0893. The Morgan fingerprint density at radius 2 is 2.05 bits per heavy atom. The monoisotopic (exact) mass is 285 g/mol. The van der Waals surface area contributed by atoms with Gasteiger partial charge in [0.2, 0.25) is 0 Å². The maximum Gasteiger partial charge on any atom is 0.274 e. The molecule has 1 heterocycles. The molecule has 0 spiro atoms. The lowest BCUT2D eigenvalue weighted by Crippen LogP contribution is -2.05. The minimum Gasteiger partial charge on any atom is -0.323 e. The van der Waals surface area contributed by atoms with Crippen LogP contribution in [0.2, 0.25) is 0 Å². The normalized spacial score (nSPS) is 11.0. The van der Waals surface area contributed by atoms with Crippen LogP contribution in [0.3, 0.4) is 0 Å². The molecule has 2 aromatic carbocycles. The van der Waals surface area contributed by atoms with Crippen LogP contribution in [0.4, 0.5) is 10.1 Å². The third kappa shape index (κ3) is 2.35. The lowest BCUT2D eigenvalue weighted by molar-refractivity contribution is -0.385. The van der Waals surface area contributed by atoms with Crippen molar-refractivity contribution < 1.29 is 9.31 Å². The summed E-state index contributed by atoms with van der Waals surface area (Å²) in [6, 6.07) is 11.0. The number of halogens is 1. The molecular formula is C15H12FN3O2. The molecule has 0 aliphatic rings. The van der Waals surface area contributed by atoms with Gasteiger partial charge in [0, 0.05) is 6.07 Å². The first kappa shape index (κ1) is 13.2. The van der Waals surface area contributed by atoms with Gasteiger partial charge in [0.1, 0.15) is 11.6 Å². The van der Waals surface area contributed by atoms with Crippen LogP contribution in [0.25, 0.3) is 11.0 Å². The third-order valence-electron chi connectivity index (χ3n) is 3.41. The number of imidazole rings is 1. The second-order valence-corrected chi connectivity index (χ2v) is 4.76. The summed E-state index contributed by atoms with van der Waals surface area (Å²) in [5.74, 6) is 0.243. The Kier molecular flexibility index (Phi) is 3.13. The number of benzene rings is 2. The molecule has 0 fully saturated rings. The van der Waals surface area contributed by atoms with Gasteiger partial charge in [-0.25, -0.2) is 9.37 Å². The largest absolute Gasteiger partial charge is 0.323 e. The maximum atomic E-state index is 13.4. The zero-order valence-corrected chi connectivity index (χ0v) is 11.3. The zero-order valence-electron chi connectivity index (χ0n) is 11.3. The van der Waals surface area contributed by atoms with Crippen molar-refractivity contribution >= 4 is 16.7 Å². The molecule has 0 saturated carbocycles. The van der Waals surface area contributed by atoms with Gasteiger partial charge in [-0.3, -0.25) is 10.1 Å². The van der Waals surface area contributed by atoms with Gasteiger partial charge in [0.25, 0.3) is 5.69 Å². The fourth-order valence-electron chi connectivity index (χ4n) is 2.42. The smallest absolute Gasteiger partial charge is 0.274 e. The van der Waals surface area contributed by atoms with Crippen LogP contribution in [0.5, 0.6) is 0 Å². The summed E-state index contributed by atoms with van der Waals surface area (Å²) in [7, 11) is 0. The summed E-state index contributed by atoms with van der Waals surface area (Å²) < 4.78 is 15.3. The van der Waals surface area contributed by atoms with Gasteiger partial charge in [-0.05, 0) is 31.2 Å². The molecule has 0 N–H and O–H groups in total. The molecule has 1 aromatic heterocycles. The van der Waals surface area contributed by atoms with E-state index in [1.54, 1.807) is 0 Å². The average molecular weight is 285 g/mol. The highest BCUT2D eigenvalue weighted by Crippen LogP contribution is 2.23. The number of para-hydroxylation sites is 2. The first-order valence-corrected chi connectivity index (χ1v) is 6.41. The van der Waals surface area contributed by atoms with E-state index in [0.29, 0.717) is 5.56 Å². The lowest BCUT2D eigenvalue weighted by atomic mass is 10.1. The van der Waals surface area contributed by atoms with Gasteiger partial charge in [-0.2, -0.15) is 0 Å². The van der Waals surface area contributed by atoms with E-state index in [4.69, 9.17) is 0 Å². The first-order chi connectivity index (χ1) is 10.1. The average Bonchev–Trinajstić information content (AvgIpc) is 2.75. The van der Waals surface area contributed by atoms with Crippen LogP contribution in [-0.4, -0.2) is 14.5 Å². The standard InChI is InChI=1S/C15H12FN3O2/c1-10-17-13-4-2-3-5-15(13)18(10)9-11-8-12(16)6-7-14(11)19(20)21/h2-8H,9H2,1H3. The number of nitrogens with zero attached hydrogens (tertiary/aromatic N) is 3. The molecule has 5 nitrogen and oxygen atoms in total.